The van der Waals surface area contributed by atoms with Gasteiger partial charge in [0.25, 0.3) is 0 Å². The number of rotatable bonds is 4. The van der Waals surface area contributed by atoms with Crippen LogP contribution in [0.3, 0.4) is 0 Å². The summed E-state index contributed by atoms with van der Waals surface area (Å²) in [6.45, 7) is 0. The molecule has 0 saturated heterocycles. The molecule has 4 nitrogen and oxygen atoms in total. The lowest BCUT2D eigenvalue weighted by atomic mass is 9.95. The lowest BCUT2D eigenvalue weighted by molar-refractivity contribution is 1.07. The van der Waals surface area contributed by atoms with Gasteiger partial charge in [-0.15, -0.1) is 11.3 Å². The quantitative estimate of drug-likeness (QED) is 0.169. The number of thiophene rings is 1. The van der Waals surface area contributed by atoms with Gasteiger partial charge in [-0.25, -0.2) is 15.0 Å². The van der Waals surface area contributed by atoms with Crippen LogP contribution in [0.1, 0.15) is 5.48 Å². The Morgan fingerprint density at radius 1 is 0.393 bits per heavy atom. The number of hydrogen-bond acceptors (Lipinski definition) is 4. The molecule has 0 radical (unpaired) electrons. The standard InChI is InChI=1S/C51H30N4S/c1-3-15-31(16-4-1)49-52-50(32-17-5-2-6-18-32)54-51(53-49)33-27-29-34(30-28-33)55-46-39-23-11-8-20-36(39)35-19-7-9-21-37(35)44(46)45-47(55)40-24-12-10-22-38(40)43-41-25-13-14-26-42(41)56-48(43)45/h1-30H/i13D,14D,25D,26D. The minimum Gasteiger partial charge on any atom is -0.308 e. The topological polar surface area (TPSA) is 43.6 Å². The lowest BCUT2D eigenvalue weighted by Gasteiger charge is -2.14. The summed E-state index contributed by atoms with van der Waals surface area (Å²) in [4.78, 5) is 14.9. The minimum absolute atomic E-state index is 0.0109. The van der Waals surface area contributed by atoms with Crippen molar-refractivity contribution in [2.75, 3.05) is 0 Å². The SMILES string of the molecule is [2H]c1c([2H])c([2H])c2c(sc3c2c2ccccc2c2c3c3c4ccccc4c4ccccc4c3n2-c2ccc(-c3nc(-c4ccccc4)nc(-c4ccccc4)n3)cc2)c1[2H]. The zero-order valence-electron chi connectivity index (χ0n) is 33.7. The second-order valence-corrected chi connectivity index (χ2v) is 15.0. The molecule has 9 aromatic carbocycles. The average molecular weight is 735 g/mol. The molecule has 0 atom stereocenters. The molecule has 56 heavy (non-hydrogen) atoms. The number of hydrogen-bond donors (Lipinski definition) is 0. The number of benzene rings is 9. The van der Waals surface area contributed by atoms with Crippen molar-refractivity contribution >= 4 is 85.6 Å². The van der Waals surface area contributed by atoms with E-state index in [2.05, 4.69) is 89.5 Å². The van der Waals surface area contributed by atoms with Gasteiger partial charge in [-0.3, -0.25) is 0 Å². The van der Waals surface area contributed by atoms with Crippen LogP contribution in [-0.4, -0.2) is 19.5 Å². The van der Waals surface area contributed by atoms with Crippen LogP contribution in [-0.2, 0) is 0 Å². The Hall–Kier alpha value is -7.21. The first-order valence-electron chi connectivity index (χ1n) is 20.5. The molecule has 0 aliphatic rings. The first kappa shape index (κ1) is 27.4. The molecule has 3 aromatic heterocycles. The van der Waals surface area contributed by atoms with Crippen LogP contribution in [0.2, 0.25) is 0 Å². The van der Waals surface area contributed by atoms with Crippen molar-refractivity contribution in [2.24, 2.45) is 0 Å². The second-order valence-electron chi connectivity index (χ2n) is 14.0. The summed E-state index contributed by atoms with van der Waals surface area (Å²) in [5.41, 5.74) is 5.70. The van der Waals surface area contributed by atoms with Gasteiger partial charge in [0.2, 0.25) is 0 Å². The normalized spacial score (nSPS) is 12.9. The maximum Gasteiger partial charge on any atom is 0.164 e. The Balaban J connectivity index is 1.21. The molecule has 0 unspecified atom stereocenters. The third-order valence-electron chi connectivity index (χ3n) is 10.9. The van der Waals surface area contributed by atoms with Gasteiger partial charge in [-0.2, -0.15) is 0 Å². The van der Waals surface area contributed by atoms with Crippen LogP contribution >= 0.6 is 11.3 Å². The maximum absolute atomic E-state index is 9.16. The van der Waals surface area contributed by atoms with E-state index in [0.29, 0.717) is 27.6 Å². The summed E-state index contributed by atoms with van der Waals surface area (Å²) < 4.78 is 39.4. The zero-order valence-corrected chi connectivity index (χ0v) is 30.5. The van der Waals surface area contributed by atoms with Gasteiger partial charge in [-0.05, 0) is 51.9 Å². The van der Waals surface area contributed by atoms with Gasteiger partial charge >= 0.3 is 0 Å². The number of aromatic nitrogens is 4. The monoisotopic (exact) mass is 734 g/mol. The Morgan fingerprint density at radius 2 is 0.839 bits per heavy atom. The van der Waals surface area contributed by atoms with Crippen LogP contribution in [0, 0.1) is 0 Å². The van der Waals surface area contributed by atoms with E-state index in [1.807, 2.05) is 72.8 Å². The van der Waals surface area contributed by atoms with E-state index >= 15 is 0 Å². The van der Waals surface area contributed by atoms with E-state index in [0.717, 1.165) is 86.6 Å². The Morgan fingerprint density at radius 3 is 1.45 bits per heavy atom. The Labute approximate surface area is 331 Å². The fourth-order valence-electron chi connectivity index (χ4n) is 8.54. The first-order valence-corrected chi connectivity index (χ1v) is 19.4. The van der Waals surface area contributed by atoms with Crippen LogP contribution < -0.4 is 0 Å². The molecule has 0 fully saturated rings. The largest absolute Gasteiger partial charge is 0.308 e. The fourth-order valence-corrected chi connectivity index (χ4v) is 9.72. The molecule has 0 aliphatic carbocycles. The van der Waals surface area contributed by atoms with Crippen molar-refractivity contribution < 1.29 is 5.48 Å². The van der Waals surface area contributed by atoms with E-state index in [1.165, 1.54) is 11.3 Å². The maximum atomic E-state index is 9.16. The fraction of sp³-hybridized carbons (Fsp3) is 0. The summed E-state index contributed by atoms with van der Waals surface area (Å²) in [5.74, 6) is 1.78. The Bertz CT molecular complexity index is 3690. The van der Waals surface area contributed by atoms with Gasteiger partial charge in [0.15, 0.2) is 17.5 Å². The van der Waals surface area contributed by atoms with Gasteiger partial charge < -0.3 is 4.57 Å². The molecule has 3 heterocycles. The molecule has 260 valence electrons. The molecule has 12 aromatic rings. The smallest absolute Gasteiger partial charge is 0.164 e. The summed E-state index contributed by atoms with van der Waals surface area (Å²) in [7, 11) is 0. The highest BCUT2D eigenvalue weighted by atomic mass is 32.1. The van der Waals surface area contributed by atoms with Crippen LogP contribution in [0.5, 0.6) is 0 Å². The van der Waals surface area contributed by atoms with Gasteiger partial charge in [-0.1, -0.05) is 152 Å². The van der Waals surface area contributed by atoms with E-state index in [9.17, 15) is 0 Å². The van der Waals surface area contributed by atoms with E-state index in [1.54, 1.807) is 0 Å². The molecule has 0 amide bonds. The molecule has 0 bridgehead atoms. The van der Waals surface area contributed by atoms with E-state index in [-0.39, 0.29) is 24.2 Å². The predicted octanol–water partition coefficient (Wildman–Crippen LogP) is 13.8. The summed E-state index contributed by atoms with van der Waals surface area (Å²) >= 11 is 1.46. The summed E-state index contributed by atoms with van der Waals surface area (Å²) in [5, 5.41) is 9.96. The molecular formula is C51H30N4S. The van der Waals surface area contributed by atoms with Crippen molar-refractivity contribution in [3.63, 3.8) is 0 Å². The van der Waals surface area contributed by atoms with Crippen LogP contribution in [0.4, 0.5) is 0 Å². The van der Waals surface area contributed by atoms with Gasteiger partial charge in [0.05, 0.1) is 16.5 Å². The van der Waals surface area contributed by atoms with Gasteiger partial charge in [0, 0.05) is 64.1 Å². The second kappa shape index (κ2) is 12.2. The number of nitrogens with zero attached hydrogens (tertiary/aromatic N) is 4. The lowest BCUT2D eigenvalue weighted by Crippen LogP contribution is -2.00. The average Bonchev–Trinajstić information content (AvgIpc) is 3.89. The van der Waals surface area contributed by atoms with Crippen LogP contribution in [0.15, 0.2) is 182 Å². The van der Waals surface area contributed by atoms with Crippen molar-refractivity contribution in [3.8, 4) is 39.9 Å². The van der Waals surface area contributed by atoms with Gasteiger partial charge in [0.1, 0.15) is 0 Å². The molecule has 0 spiro atoms. The molecule has 0 saturated carbocycles. The van der Waals surface area contributed by atoms with E-state index in [4.69, 9.17) is 20.4 Å². The summed E-state index contributed by atoms with van der Waals surface area (Å²) in [6.07, 6.45) is 0. The third-order valence-corrected chi connectivity index (χ3v) is 12.1. The van der Waals surface area contributed by atoms with Crippen molar-refractivity contribution in [1.82, 2.24) is 19.5 Å². The highest BCUT2D eigenvalue weighted by Gasteiger charge is 2.25. The molecule has 0 aliphatic heterocycles. The van der Waals surface area contributed by atoms with Crippen molar-refractivity contribution in [1.29, 1.82) is 0 Å². The highest BCUT2D eigenvalue weighted by molar-refractivity contribution is 7.27. The Kier molecular flexibility index (Phi) is 5.94. The molecule has 12 rings (SSSR count). The predicted molar refractivity (Wildman–Crippen MR) is 236 cm³/mol. The zero-order chi connectivity index (χ0) is 40.2. The highest BCUT2D eigenvalue weighted by Crippen LogP contribution is 2.51. The van der Waals surface area contributed by atoms with Crippen molar-refractivity contribution in [3.05, 3.63) is 182 Å². The first-order chi connectivity index (χ1) is 29.5. The minimum atomic E-state index is -0.222. The molecule has 0 N–H and O–H groups in total. The van der Waals surface area contributed by atoms with Crippen molar-refractivity contribution in [2.45, 2.75) is 0 Å². The number of fused-ring (bicyclic) bond motifs is 15. The van der Waals surface area contributed by atoms with E-state index < -0.39 is 0 Å². The molecular weight excluding hydrogens is 701 g/mol. The van der Waals surface area contributed by atoms with Crippen LogP contribution in [0.25, 0.3) is 114 Å². The summed E-state index contributed by atoms with van der Waals surface area (Å²) in [6, 6.07) is 53.3. The molecule has 5 heteroatoms. The third kappa shape index (κ3) is 4.55.